The summed E-state index contributed by atoms with van der Waals surface area (Å²) in [6, 6.07) is 17.4. The summed E-state index contributed by atoms with van der Waals surface area (Å²) in [6.45, 7) is 2.86. The molecule has 2 aromatic carbocycles. The first-order valence-electron chi connectivity index (χ1n) is 12.4. The summed E-state index contributed by atoms with van der Waals surface area (Å²) < 4.78 is 43.8. The van der Waals surface area contributed by atoms with E-state index in [1.165, 1.54) is 17.0 Å². The molecule has 7 nitrogen and oxygen atoms in total. The summed E-state index contributed by atoms with van der Waals surface area (Å²) in [6.07, 6.45) is -0.986. The lowest BCUT2D eigenvalue weighted by Gasteiger charge is -2.30. The molecule has 2 heterocycles. The van der Waals surface area contributed by atoms with E-state index in [0.717, 1.165) is 48.2 Å². The second-order valence-electron chi connectivity index (χ2n) is 9.08. The fraction of sp³-hybridized carbons (Fsp3) is 0.276. The Kier molecular flexibility index (Phi) is 8.98. The molecule has 1 aliphatic heterocycles. The van der Waals surface area contributed by atoms with Crippen LogP contribution in [0.4, 0.5) is 18.9 Å². The van der Waals surface area contributed by atoms with Crippen molar-refractivity contribution in [2.45, 2.75) is 25.2 Å². The van der Waals surface area contributed by atoms with Crippen LogP contribution in [-0.4, -0.2) is 59.2 Å². The number of halogens is 3. The fourth-order valence-electron chi connectivity index (χ4n) is 4.28. The molecule has 0 aliphatic carbocycles. The molecule has 0 spiro atoms. The number of carbonyl (C=O) groups is 2. The molecule has 1 aliphatic rings. The van der Waals surface area contributed by atoms with Crippen LogP contribution in [0.5, 0.6) is 0 Å². The lowest BCUT2D eigenvalue weighted by atomic mass is 10.0. The number of alkyl halides is 3. The van der Waals surface area contributed by atoms with Gasteiger partial charge in [0, 0.05) is 44.0 Å². The summed E-state index contributed by atoms with van der Waals surface area (Å²) in [5.41, 5.74) is 1.74. The van der Waals surface area contributed by atoms with E-state index in [2.05, 4.69) is 9.88 Å². The minimum atomic E-state index is -4.57. The summed E-state index contributed by atoms with van der Waals surface area (Å²) in [4.78, 5) is 32.5. The molecule has 0 saturated carbocycles. The lowest BCUT2D eigenvalue weighted by molar-refractivity contribution is -0.148. The van der Waals surface area contributed by atoms with E-state index in [4.69, 9.17) is 4.74 Å². The summed E-state index contributed by atoms with van der Waals surface area (Å²) in [5.74, 6) is -1.75. The van der Waals surface area contributed by atoms with Gasteiger partial charge in [-0.25, -0.2) is 4.79 Å². The number of morpholine rings is 1. The average Bonchev–Trinajstić information content (AvgIpc) is 2.94. The zero-order valence-electron chi connectivity index (χ0n) is 21.1. The summed E-state index contributed by atoms with van der Waals surface area (Å²) in [5, 5.41) is 10.1. The van der Waals surface area contributed by atoms with Gasteiger partial charge in [-0.15, -0.1) is 0 Å². The highest BCUT2D eigenvalue weighted by Gasteiger charge is 2.32. The van der Waals surface area contributed by atoms with E-state index < -0.39 is 29.8 Å². The molecule has 1 saturated heterocycles. The number of aromatic nitrogens is 1. The third kappa shape index (κ3) is 7.67. The highest BCUT2D eigenvalue weighted by Crippen LogP contribution is 2.27. The summed E-state index contributed by atoms with van der Waals surface area (Å²) in [7, 11) is 0. The summed E-state index contributed by atoms with van der Waals surface area (Å²) >= 11 is 0. The lowest BCUT2D eigenvalue weighted by Crippen LogP contribution is -2.45. The smallest absolute Gasteiger partial charge is 0.433 e. The molecule has 0 bridgehead atoms. The van der Waals surface area contributed by atoms with E-state index in [0.29, 0.717) is 13.2 Å². The number of carboxylic acids is 1. The number of nitrogens with zero attached hydrogens (tertiary/aromatic N) is 3. The minimum absolute atomic E-state index is 0.0294. The van der Waals surface area contributed by atoms with Crippen LogP contribution in [-0.2, 0) is 33.5 Å². The second kappa shape index (κ2) is 12.6. The van der Waals surface area contributed by atoms with Crippen molar-refractivity contribution in [1.29, 1.82) is 0 Å². The number of rotatable bonds is 9. The Morgan fingerprint density at radius 2 is 1.69 bits per heavy atom. The predicted octanol–water partition coefficient (Wildman–Crippen LogP) is 4.67. The molecule has 1 N–H and O–H groups in total. The first-order chi connectivity index (χ1) is 18.7. The Morgan fingerprint density at radius 3 is 2.28 bits per heavy atom. The topological polar surface area (TPSA) is 83.0 Å². The fourth-order valence-corrected chi connectivity index (χ4v) is 4.28. The van der Waals surface area contributed by atoms with Crippen molar-refractivity contribution >= 4 is 23.6 Å². The van der Waals surface area contributed by atoms with Crippen LogP contribution in [0.15, 0.2) is 79.0 Å². The van der Waals surface area contributed by atoms with Crippen LogP contribution in [0, 0.1) is 0 Å². The number of ether oxygens (including phenoxy) is 1. The van der Waals surface area contributed by atoms with Crippen molar-refractivity contribution < 1.29 is 32.6 Å². The molecule has 3 aromatic rings. The highest BCUT2D eigenvalue weighted by molar-refractivity contribution is 5.94. The Labute approximate surface area is 224 Å². The van der Waals surface area contributed by atoms with Gasteiger partial charge in [-0.1, -0.05) is 48.5 Å². The minimum Gasteiger partial charge on any atom is -0.480 e. The van der Waals surface area contributed by atoms with Gasteiger partial charge in [0.15, 0.2) is 0 Å². The number of carboxylic acid groups (broad SMARTS) is 1. The van der Waals surface area contributed by atoms with E-state index in [1.807, 2.05) is 30.3 Å². The number of aliphatic carboxylic acids is 1. The normalized spacial score (nSPS) is 14.8. The molecule has 204 valence electrons. The zero-order valence-corrected chi connectivity index (χ0v) is 21.1. The van der Waals surface area contributed by atoms with Crippen LogP contribution >= 0.6 is 0 Å². The van der Waals surface area contributed by atoms with Gasteiger partial charge in [0.2, 0.25) is 5.91 Å². The van der Waals surface area contributed by atoms with Crippen molar-refractivity contribution in [2.24, 2.45) is 0 Å². The standard InChI is InChI=1S/C29H28F3N3O4/c30-29(31,32)26-12-8-22(19-33-26)9-13-27(36)35(25(28(37)38)18-21-4-2-1-3-5-21)20-23-6-10-24(11-7-23)34-14-16-39-17-15-34/h1-13,19,25H,14-18,20H2,(H,37,38). The quantitative estimate of drug-likeness (QED) is 0.398. The molecule has 1 atom stereocenters. The molecule has 1 amide bonds. The number of hydrogen-bond acceptors (Lipinski definition) is 5. The van der Waals surface area contributed by atoms with Crippen molar-refractivity contribution in [3.05, 3.63) is 101 Å². The van der Waals surface area contributed by atoms with Gasteiger partial charge >= 0.3 is 12.1 Å². The van der Waals surface area contributed by atoms with Gasteiger partial charge in [-0.05, 0) is 41.0 Å². The molecule has 1 unspecified atom stereocenters. The van der Waals surface area contributed by atoms with Gasteiger partial charge in [-0.3, -0.25) is 9.78 Å². The maximum atomic E-state index is 13.4. The van der Waals surface area contributed by atoms with Crippen molar-refractivity contribution in [3.8, 4) is 0 Å². The van der Waals surface area contributed by atoms with Crippen molar-refractivity contribution in [1.82, 2.24) is 9.88 Å². The number of hydrogen-bond donors (Lipinski definition) is 1. The largest absolute Gasteiger partial charge is 0.480 e. The first-order valence-corrected chi connectivity index (χ1v) is 12.4. The van der Waals surface area contributed by atoms with Crippen LogP contribution in [0.1, 0.15) is 22.4 Å². The molecule has 39 heavy (non-hydrogen) atoms. The highest BCUT2D eigenvalue weighted by atomic mass is 19.4. The number of benzene rings is 2. The van der Waals surface area contributed by atoms with Crippen LogP contribution < -0.4 is 4.90 Å². The Hall–Kier alpha value is -4.18. The molecule has 4 rings (SSSR count). The number of carbonyl (C=O) groups excluding carboxylic acids is 1. The third-order valence-electron chi connectivity index (χ3n) is 6.38. The third-order valence-corrected chi connectivity index (χ3v) is 6.38. The van der Waals surface area contributed by atoms with Crippen molar-refractivity contribution in [2.75, 3.05) is 31.2 Å². The van der Waals surface area contributed by atoms with E-state index in [-0.39, 0.29) is 18.5 Å². The first kappa shape index (κ1) is 27.8. The van der Waals surface area contributed by atoms with Gasteiger partial charge < -0.3 is 19.6 Å². The Balaban J connectivity index is 1.57. The number of amides is 1. The predicted molar refractivity (Wildman–Crippen MR) is 140 cm³/mol. The molecule has 10 heteroatoms. The molecular formula is C29H28F3N3O4. The number of pyridine rings is 1. The Bertz CT molecular complexity index is 1270. The average molecular weight is 540 g/mol. The molecule has 1 fully saturated rings. The van der Waals surface area contributed by atoms with Crippen molar-refractivity contribution in [3.63, 3.8) is 0 Å². The van der Waals surface area contributed by atoms with Crippen LogP contribution in [0.25, 0.3) is 6.08 Å². The number of anilines is 1. The van der Waals surface area contributed by atoms with Gasteiger partial charge in [0.25, 0.3) is 0 Å². The monoisotopic (exact) mass is 539 g/mol. The maximum absolute atomic E-state index is 13.4. The Morgan fingerprint density at radius 1 is 1.00 bits per heavy atom. The molecular weight excluding hydrogens is 511 g/mol. The molecule has 1 aromatic heterocycles. The SMILES string of the molecule is O=C(O)C(Cc1ccccc1)N(Cc1ccc(N2CCOCC2)cc1)C(=O)C=Cc1ccc(C(F)(F)F)nc1. The van der Waals surface area contributed by atoms with Gasteiger partial charge in [0.1, 0.15) is 11.7 Å². The van der Waals surface area contributed by atoms with Gasteiger partial charge in [0.05, 0.1) is 13.2 Å². The zero-order chi connectivity index (χ0) is 27.8. The van der Waals surface area contributed by atoms with E-state index in [1.54, 1.807) is 24.3 Å². The van der Waals surface area contributed by atoms with Gasteiger partial charge in [-0.2, -0.15) is 13.2 Å². The van der Waals surface area contributed by atoms with Crippen LogP contribution in [0.3, 0.4) is 0 Å². The van der Waals surface area contributed by atoms with Crippen LogP contribution in [0.2, 0.25) is 0 Å². The maximum Gasteiger partial charge on any atom is 0.433 e. The van der Waals surface area contributed by atoms with E-state index >= 15 is 0 Å². The van der Waals surface area contributed by atoms with E-state index in [9.17, 15) is 27.9 Å². The molecule has 0 radical (unpaired) electrons. The second-order valence-corrected chi connectivity index (χ2v) is 9.08.